The lowest BCUT2D eigenvalue weighted by atomic mass is 9.95. The van der Waals surface area contributed by atoms with E-state index in [0.29, 0.717) is 10.4 Å². The summed E-state index contributed by atoms with van der Waals surface area (Å²) in [7, 11) is 0. The molecule has 1 atom stereocenters. The van der Waals surface area contributed by atoms with Gasteiger partial charge in [0.05, 0.1) is 5.02 Å². The number of nitrogens with one attached hydrogen (secondary N) is 1. The third-order valence-corrected chi connectivity index (χ3v) is 3.90. The van der Waals surface area contributed by atoms with E-state index in [2.05, 4.69) is 35.1 Å². The topological polar surface area (TPSA) is 32.3 Å². The molecule has 0 aliphatic heterocycles. The van der Waals surface area contributed by atoms with Crippen LogP contribution in [0, 0.1) is 11.7 Å². The number of hydrogen-bond acceptors (Lipinski definition) is 2. The highest BCUT2D eigenvalue weighted by molar-refractivity contribution is 9.10. The second kappa shape index (κ2) is 6.33. The lowest BCUT2D eigenvalue weighted by Gasteiger charge is -2.26. The Kier molecular flexibility index (Phi) is 5.59. The summed E-state index contributed by atoms with van der Waals surface area (Å²) < 4.78 is 14.5. The number of aliphatic hydroxyl groups is 1. The summed E-state index contributed by atoms with van der Waals surface area (Å²) in [5, 5.41) is 13.4. The summed E-state index contributed by atoms with van der Waals surface area (Å²) in [6.07, 6.45) is 0. The molecule has 1 unspecified atom stereocenters. The van der Waals surface area contributed by atoms with Crippen LogP contribution in [0.1, 0.15) is 26.3 Å². The maximum Gasteiger partial charge on any atom is 0.149 e. The fourth-order valence-electron chi connectivity index (χ4n) is 1.64. The lowest BCUT2D eigenvalue weighted by Crippen LogP contribution is -2.37. The van der Waals surface area contributed by atoms with E-state index in [1.807, 2.05) is 0 Å². The Morgan fingerprint density at radius 3 is 2.67 bits per heavy atom. The van der Waals surface area contributed by atoms with Crippen molar-refractivity contribution in [2.75, 3.05) is 13.1 Å². The minimum absolute atomic E-state index is 0.00312. The van der Waals surface area contributed by atoms with Gasteiger partial charge in [-0.05, 0) is 41.4 Å². The highest BCUT2D eigenvalue weighted by Crippen LogP contribution is 2.32. The van der Waals surface area contributed by atoms with Gasteiger partial charge in [0.2, 0.25) is 0 Å². The van der Waals surface area contributed by atoms with Gasteiger partial charge in [-0.2, -0.15) is 0 Å². The van der Waals surface area contributed by atoms with Crippen molar-refractivity contribution in [3.05, 3.63) is 33.0 Å². The first kappa shape index (κ1) is 15.9. The molecule has 18 heavy (non-hydrogen) atoms. The van der Waals surface area contributed by atoms with Crippen molar-refractivity contribution in [1.82, 2.24) is 5.32 Å². The largest absolute Gasteiger partial charge is 0.384 e. The fourth-order valence-corrected chi connectivity index (χ4v) is 2.11. The Balaban J connectivity index is 2.88. The van der Waals surface area contributed by atoms with Crippen LogP contribution in [0.4, 0.5) is 4.39 Å². The SMILES string of the molecule is CC(C)CNCC(C)(O)c1ccc(Br)c(Cl)c1F. The monoisotopic (exact) mass is 337 g/mol. The second-order valence-electron chi connectivity index (χ2n) is 5.02. The van der Waals surface area contributed by atoms with Crippen molar-refractivity contribution >= 4 is 27.5 Å². The average molecular weight is 339 g/mol. The van der Waals surface area contributed by atoms with Crippen LogP contribution >= 0.6 is 27.5 Å². The summed E-state index contributed by atoms with van der Waals surface area (Å²) in [6.45, 7) is 6.75. The van der Waals surface area contributed by atoms with Gasteiger partial charge in [0.25, 0.3) is 0 Å². The van der Waals surface area contributed by atoms with Gasteiger partial charge in [0.1, 0.15) is 11.4 Å². The zero-order chi connectivity index (χ0) is 13.9. The minimum atomic E-state index is -1.29. The Morgan fingerprint density at radius 2 is 2.11 bits per heavy atom. The molecule has 0 heterocycles. The summed E-state index contributed by atoms with van der Waals surface area (Å²) >= 11 is 8.97. The highest BCUT2D eigenvalue weighted by Gasteiger charge is 2.28. The van der Waals surface area contributed by atoms with Gasteiger partial charge >= 0.3 is 0 Å². The molecule has 2 N–H and O–H groups in total. The molecule has 0 amide bonds. The van der Waals surface area contributed by atoms with Crippen molar-refractivity contribution in [2.45, 2.75) is 26.4 Å². The summed E-state index contributed by atoms with van der Waals surface area (Å²) in [6, 6.07) is 3.18. The van der Waals surface area contributed by atoms with E-state index in [-0.39, 0.29) is 17.1 Å². The first-order chi connectivity index (χ1) is 8.25. The van der Waals surface area contributed by atoms with Gasteiger partial charge < -0.3 is 10.4 Å². The summed E-state index contributed by atoms with van der Waals surface area (Å²) in [4.78, 5) is 0. The fraction of sp³-hybridized carbons (Fsp3) is 0.538. The molecule has 0 fully saturated rings. The van der Waals surface area contributed by atoms with E-state index in [1.54, 1.807) is 19.1 Å². The molecule has 0 saturated carbocycles. The van der Waals surface area contributed by atoms with E-state index < -0.39 is 11.4 Å². The molecular weight excluding hydrogens is 321 g/mol. The van der Waals surface area contributed by atoms with Gasteiger partial charge in [0.15, 0.2) is 0 Å². The van der Waals surface area contributed by atoms with Crippen LogP contribution in [-0.2, 0) is 5.60 Å². The second-order valence-corrected chi connectivity index (χ2v) is 6.25. The molecule has 5 heteroatoms. The van der Waals surface area contributed by atoms with Crippen molar-refractivity contribution < 1.29 is 9.50 Å². The van der Waals surface area contributed by atoms with Crippen molar-refractivity contribution in [3.63, 3.8) is 0 Å². The van der Waals surface area contributed by atoms with Gasteiger partial charge in [0, 0.05) is 16.6 Å². The molecule has 0 aromatic heterocycles. The number of benzene rings is 1. The van der Waals surface area contributed by atoms with E-state index in [0.717, 1.165) is 6.54 Å². The van der Waals surface area contributed by atoms with Crippen LogP contribution < -0.4 is 5.32 Å². The summed E-state index contributed by atoms with van der Waals surface area (Å²) in [5.74, 6) is -0.110. The molecule has 0 aliphatic carbocycles. The molecule has 1 aromatic rings. The molecule has 0 spiro atoms. The maximum absolute atomic E-state index is 14.0. The highest BCUT2D eigenvalue weighted by atomic mass is 79.9. The van der Waals surface area contributed by atoms with Crippen LogP contribution in [0.2, 0.25) is 5.02 Å². The molecule has 102 valence electrons. The number of halogens is 3. The zero-order valence-corrected chi connectivity index (χ0v) is 13.1. The van der Waals surface area contributed by atoms with Gasteiger partial charge in [-0.15, -0.1) is 0 Å². The first-order valence-electron chi connectivity index (χ1n) is 5.82. The van der Waals surface area contributed by atoms with Crippen molar-refractivity contribution in [2.24, 2.45) is 5.92 Å². The molecule has 1 rings (SSSR count). The average Bonchev–Trinajstić information content (AvgIpc) is 2.24. The Morgan fingerprint density at radius 1 is 1.50 bits per heavy atom. The molecule has 1 aromatic carbocycles. The predicted octanol–water partition coefficient (Wildman–Crippen LogP) is 3.69. The van der Waals surface area contributed by atoms with E-state index >= 15 is 0 Å². The molecule has 0 saturated heterocycles. The lowest BCUT2D eigenvalue weighted by molar-refractivity contribution is 0.0527. The first-order valence-corrected chi connectivity index (χ1v) is 7.00. The third-order valence-electron chi connectivity index (χ3n) is 2.64. The standard InChI is InChI=1S/C13H18BrClFNO/c1-8(2)6-17-7-13(3,18)9-4-5-10(14)11(15)12(9)16/h4-5,8,17-18H,6-7H2,1-3H3. The van der Waals surface area contributed by atoms with Crippen LogP contribution in [0.15, 0.2) is 16.6 Å². The maximum atomic E-state index is 14.0. The van der Waals surface area contributed by atoms with E-state index in [9.17, 15) is 9.50 Å². The molecular formula is C13H18BrClFNO. The van der Waals surface area contributed by atoms with Gasteiger partial charge in [-0.3, -0.25) is 0 Å². The number of rotatable bonds is 5. The Hall–Kier alpha value is -0.160. The molecule has 0 aliphatic rings. The molecule has 2 nitrogen and oxygen atoms in total. The molecule has 0 radical (unpaired) electrons. The van der Waals surface area contributed by atoms with E-state index in [4.69, 9.17) is 11.6 Å². The number of hydrogen-bond donors (Lipinski definition) is 2. The van der Waals surface area contributed by atoms with Gasteiger partial charge in [-0.1, -0.05) is 31.5 Å². The van der Waals surface area contributed by atoms with Crippen LogP contribution in [-0.4, -0.2) is 18.2 Å². The quantitative estimate of drug-likeness (QED) is 0.803. The summed E-state index contributed by atoms with van der Waals surface area (Å²) in [5.41, 5.74) is -1.09. The van der Waals surface area contributed by atoms with Crippen LogP contribution in [0.25, 0.3) is 0 Å². The predicted molar refractivity (Wildman–Crippen MR) is 76.4 cm³/mol. The Labute approximate surface area is 121 Å². The van der Waals surface area contributed by atoms with Crippen molar-refractivity contribution in [3.8, 4) is 0 Å². The van der Waals surface area contributed by atoms with Gasteiger partial charge in [-0.25, -0.2) is 4.39 Å². The van der Waals surface area contributed by atoms with Crippen LogP contribution in [0.3, 0.4) is 0 Å². The van der Waals surface area contributed by atoms with Crippen LogP contribution in [0.5, 0.6) is 0 Å². The van der Waals surface area contributed by atoms with E-state index in [1.165, 1.54) is 0 Å². The normalized spacial score (nSPS) is 14.9. The Bertz CT molecular complexity index is 424. The minimum Gasteiger partial charge on any atom is -0.384 e. The smallest absolute Gasteiger partial charge is 0.149 e. The third kappa shape index (κ3) is 3.92. The van der Waals surface area contributed by atoms with Crippen molar-refractivity contribution in [1.29, 1.82) is 0 Å². The zero-order valence-electron chi connectivity index (χ0n) is 10.7. The molecule has 0 bridgehead atoms.